The van der Waals surface area contributed by atoms with Crippen LogP contribution in [0.25, 0.3) is 0 Å². The first-order chi connectivity index (χ1) is 12.0. The highest BCUT2D eigenvalue weighted by atomic mass is 19.1. The average molecular weight is 350 g/mol. The molecule has 1 aliphatic rings. The topological polar surface area (TPSA) is 86.7 Å². The molecule has 2 N–H and O–H groups in total. The van der Waals surface area contributed by atoms with Crippen LogP contribution in [0.4, 0.5) is 4.39 Å². The summed E-state index contributed by atoms with van der Waals surface area (Å²) in [6.07, 6.45) is 3.86. The number of carboxylic acids is 1. The summed E-state index contributed by atoms with van der Waals surface area (Å²) in [7, 11) is 0. The minimum atomic E-state index is -1.07. The number of amides is 2. The van der Waals surface area contributed by atoms with Crippen LogP contribution in [0.3, 0.4) is 0 Å². The van der Waals surface area contributed by atoms with Crippen LogP contribution < -0.4 is 5.32 Å². The van der Waals surface area contributed by atoms with E-state index in [-0.39, 0.29) is 18.9 Å². The molecule has 0 radical (unpaired) electrons. The van der Waals surface area contributed by atoms with Crippen molar-refractivity contribution in [3.8, 4) is 0 Å². The Kier molecular flexibility index (Phi) is 6.91. The van der Waals surface area contributed by atoms with Crippen molar-refractivity contribution in [3.63, 3.8) is 0 Å². The Morgan fingerprint density at radius 1 is 1.16 bits per heavy atom. The van der Waals surface area contributed by atoms with Crippen molar-refractivity contribution in [2.24, 2.45) is 0 Å². The molecule has 136 valence electrons. The van der Waals surface area contributed by atoms with Crippen LogP contribution in [-0.2, 0) is 14.4 Å². The van der Waals surface area contributed by atoms with Gasteiger partial charge in [0.05, 0.1) is 19.0 Å². The number of likely N-dealkylation sites (tertiary alicyclic amines) is 1. The Morgan fingerprint density at radius 3 is 2.52 bits per heavy atom. The fraction of sp³-hybridized carbons (Fsp3) is 0.500. The first-order valence-corrected chi connectivity index (χ1v) is 8.50. The second-order valence-electron chi connectivity index (χ2n) is 6.25. The summed E-state index contributed by atoms with van der Waals surface area (Å²) in [5.74, 6) is -1.97. The Bertz CT molecular complexity index is 618. The predicted octanol–water partition coefficient (Wildman–Crippen LogP) is 2.25. The number of hydrogen-bond acceptors (Lipinski definition) is 3. The smallest absolute Gasteiger partial charge is 0.305 e. The molecule has 6 nitrogen and oxygen atoms in total. The zero-order chi connectivity index (χ0) is 18.2. The van der Waals surface area contributed by atoms with Gasteiger partial charge in [0.15, 0.2) is 0 Å². The molecule has 1 saturated heterocycles. The van der Waals surface area contributed by atoms with Gasteiger partial charge in [-0.1, -0.05) is 25.0 Å². The van der Waals surface area contributed by atoms with Crippen LogP contribution in [0, 0.1) is 5.82 Å². The predicted molar refractivity (Wildman–Crippen MR) is 89.2 cm³/mol. The highest BCUT2D eigenvalue weighted by Crippen LogP contribution is 2.18. The maximum Gasteiger partial charge on any atom is 0.305 e. The van der Waals surface area contributed by atoms with E-state index in [9.17, 15) is 18.8 Å². The normalized spacial score (nSPS) is 16.7. The van der Waals surface area contributed by atoms with E-state index >= 15 is 0 Å². The number of aliphatic carboxylic acids is 1. The van der Waals surface area contributed by atoms with Crippen LogP contribution in [0.1, 0.15) is 50.1 Å². The SMILES string of the molecule is O=C(O)CC(NC(=O)CN1CCCCCCC1=O)c1ccc(F)cc1. The number of halogens is 1. The molecular weight excluding hydrogens is 327 g/mol. The molecule has 25 heavy (non-hydrogen) atoms. The molecule has 0 aromatic heterocycles. The molecule has 1 fully saturated rings. The Balaban J connectivity index is 2.01. The molecule has 2 rings (SSSR count). The Labute approximate surface area is 146 Å². The zero-order valence-electron chi connectivity index (χ0n) is 14.0. The maximum atomic E-state index is 13.1. The van der Waals surface area contributed by atoms with Gasteiger partial charge in [0.1, 0.15) is 5.82 Å². The fourth-order valence-electron chi connectivity index (χ4n) is 2.92. The van der Waals surface area contributed by atoms with Gasteiger partial charge in [-0.25, -0.2) is 4.39 Å². The summed E-state index contributed by atoms with van der Waals surface area (Å²) in [6, 6.07) is 4.57. The molecule has 1 aromatic rings. The van der Waals surface area contributed by atoms with E-state index < -0.39 is 23.7 Å². The first-order valence-electron chi connectivity index (χ1n) is 8.50. The molecule has 0 aliphatic carbocycles. The Hall–Kier alpha value is -2.44. The van der Waals surface area contributed by atoms with Gasteiger partial charge < -0.3 is 15.3 Å². The van der Waals surface area contributed by atoms with E-state index in [4.69, 9.17) is 5.11 Å². The van der Waals surface area contributed by atoms with E-state index in [0.29, 0.717) is 18.5 Å². The largest absolute Gasteiger partial charge is 0.481 e. The van der Waals surface area contributed by atoms with Gasteiger partial charge in [-0.15, -0.1) is 0 Å². The fourth-order valence-corrected chi connectivity index (χ4v) is 2.92. The number of carbonyl (C=O) groups excluding carboxylic acids is 2. The number of nitrogens with one attached hydrogen (secondary N) is 1. The lowest BCUT2D eigenvalue weighted by Gasteiger charge is -2.25. The zero-order valence-corrected chi connectivity index (χ0v) is 14.0. The van der Waals surface area contributed by atoms with Gasteiger partial charge in [0, 0.05) is 13.0 Å². The number of carbonyl (C=O) groups is 3. The Morgan fingerprint density at radius 2 is 1.84 bits per heavy atom. The first kappa shape index (κ1) is 18.9. The van der Waals surface area contributed by atoms with Crippen molar-refractivity contribution >= 4 is 17.8 Å². The van der Waals surface area contributed by atoms with E-state index in [1.54, 1.807) is 0 Å². The van der Waals surface area contributed by atoms with Gasteiger partial charge in [-0.05, 0) is 30.5 Å². The van der Waals surface area contributed by atoms with Crippen LogP contribution in [-0.4, -0.2) is 40.9 Å². The molecule has 0 spiro atoms. The highest BCUT2D eigenvalue weighted by Gasteiger charge is 2.22. The summed E-state index contributed by atoms with van der Waals surface area (Å²) in [4.78, 5) is 37.0. The van der Waals surface area contributed by atoms with E-state index in [1.807, 2.05) is 0 Å². The molecule has 7 heteroatoms. The quantitative estimate of drug-likeness (QED) is 0.824. The molecule has 1 atom stereocenters. The van der Waals surface area contributed by atoms with E-state index in [2.05, 4.69) is 5.32 Å². The van der Waals surface area contributed by atoms with Crippen molar-refractivity contribution in [2.45, 2.75) is 44.6 Å². The lowest BCUT2D eigenvalue weighted by molar-refractivity contribution is -0.139. The lowest BCUT2D eigenvalue weighted by atomic mass is 10.0. The molecule has 1 aromatic carbocycles. The average Bonchev–Trinajstić information content (AvgIpc) is 2.54. The number of rotatable bonds is 6. The summed E-state index contributed by atoms with van der Waals surface area (Å²) in [6.45, 7) is 0.447. The second kappa shape index (κ2) is 9.15. The maximum absolute atomic E-state index is 13.1. The molecule has 1 heterocycles. The minimum absolute atomic E-state index is 0.0496. The lowest BCUT2D eigenvalue weighted by Crippen LogP contribution is -2.43. The molecule has 0 bridgehead atoms. The minimum Gasteiger partial charge on any atom is -0.481 e. The van der Waals surface area contributed by atoms with Gasteiger partial charge in [-0.3, -0.25) is 14.4 Å². The highest BCUT2D eigenvalue weighted by molar-refractivity contribution is 5.85. The van der Waals surface area contributed by atoms with Crippen molar-refractivity contribution in [2.75, 3.05) is 13.1 Å². The second-order valence-corrected chi connectivity index (χ2v) is 6.25. The van der Waals surface area contributed by atoms with Crippen molar-refractivity contribution in [3.05, 3.63) is 35.6 Å². The monoisotopic (exact) mass is 350 g/mol. The van der Waals surface area contributed by atoms with Gasteiger partial charge >= 0.3 is 5.97 Å². The molecule has 1 unspecified atom stereocenters. The van der Waals surface area contributed by atoms with Gasteiger partial charge in [0.25, 0.3) is 0 Å². The summed E-state index contributed by atoms with van der Waals surface area (Å²) < 4.78 is 13.1. The number of nitrogens with zero attached hydrogens (tertiary/aromatic N) is 1. The standard InChI is InChI=1S/C18H23FN2O4/c19-14-8-6-13(7-9-14)15(11-18(24)25)20-16(22)12-21-10-4-2-1-3-5-17(21)23/h6-9,15H,1-5,10-12H2,(H,20,22)(H,24,25). The van der Waals surface area contributed by atoms with Crippen LogP contribution in [0.2, 0.25) is 0 Å². The number of carboxylic acid groups (broad SMARTS) is 1. The van der Waals surface area contributed by atoms with Gasteiger partial charge in [-0.2, -0.15) is 0 Å². The third kappa shape index (κ3) is 6.17. The third-order valence-corrected chi connectivity index (χ3v) is 4.24. The number of benzene rings is 1. The summed E-state index contributed by atoms with van der Waals surface area (Å²) >= 11 is 0. The molecule has 1 aliphatic heterocycles. The van der Waals surface area contributed by atoms with Crippen LogP contribution in [0.5, 0.6) is 0 Å². The summed E-state index contributed by atoms with van der Waals surface area (Å²) in [5, 5.41) is 11.7. The van der Waals surface area contributed by atoms with Gasteiger partial charge in [0.2, 0.25) is 11.8 Å². The summed E-state index contributed by atoms with van der Waals surface area (Å²) in [5.41, 5.74) is 0.510. The van der Waals surface area contributed by atoms with Crippen molar-refractivity contribution in [1.29, 1.82) is 0 Å². The number of hydrogen-bond donors (Lipinski definition) is 2. The van der Waals surface area contributed by atoms with Crippen molar-refractivity contribution < 1.29 is 23.9 Å². The van der Waals surface area contributed by atoms with E-state index in [0.717, 1.165) is 25.7 Å². The molecule has 2 amide bonds. The van der Waals surface area contributed by atoms with Crippen molar-refractivity contribution in [1.82, 2.24) is 10.2 Å². The van der Waals surface area contributed by atoms with Crippen LogP contribution in [0.15, 0.2) is 24.3 Å². The third-order valence-electron chi connectivity index (χ3n) is 4.24. The molecular formula is C18H23FN2O4. The van der Waals surface area contributed by atoms with Crippen LogP contribution >= 0.6 is 0 Å². The molecule has 0 saturated carbocycles. The van der Waals surface area contributed by atoms with E-state index in [1.165, 1.54) is 29.2 Å².